The van der Waals surface area contributed by atoms with Gasteiger partial charge < -0.3 is 33.8 Å². The summed E-state index contributed by atoms with van der Waals surface area (Å²) in [6.45, 7) is 5.95. The summed E-state index contributed by atoms with van der Waals surface area (Å²) in [5, 5.41) is 3.93. The molecule has 1 N–H and O–H groups in total. The van der Waals surface area contributed by atoms with E-state index in [1.807, 2.05) is 58.3 Å². The SMILES string of the molecule is CN1CCCN(C(=O)c2cccc(-c3ccc(/C=C4/C(=O)N(c5cc(C(=O)N6CCCN(C)CC6)cc(-c6ccc(CC7C(=O)Nc8ccc(Cl)cc87)o6)c5)c5ccc(Cl)cc54)o3)c2)CC1. The Kier molecular flexibility index (Phi) is 11.9. The molecule has 0 bridgehead atoms. The van der Waals surface area contributed by atoms with Gasteiger partial charge in [-0.15, -0.1) is 0 Å². The molecule has 2 saturated heterocycles. The molecule has 1 atom stereocenters. The molecule has 10 rings (SSSR count). The molecule has 0 radical (unpaired) electrons. The molecule has 14 heteroatoms. The first-order valence-electron chi connectivity index (χ1n) is 22.3. The van der Waals surface area contributed by atoms with E-state index in [-0.39, 0.29) is 23.6 Å². The number of carbonyl (C=O) groups is 4. The Morgan fingerprint density at radius 1 is 0.682 bits per heavy atom. The highest BCUT2D eigenvalue weighted by Crippen LogP contribution is 2.45. The fourth-order valence-corrected chi connectivity index (χ4v) is 9.76. The molecule has 6 aromatic rings. The number of benzene rings is 4. The van der Waals surface area contributed by atoms with Crippen molar-refractivity contribution in [1.82, 2.24) is 19.6 Å². The van der Waals surface area contributed by atoms with Crippen LogP contribution in [0.2, 0.25) is 10.0 Å². The van der Waals surface area contributed by atoms with E-state index < -0.39 is 5.92 Å². The van der Waals surface area contributed by atoms with Gasteiger partial charge in [0.2, 0.25) is 5.91 Å². The predicted octanol–water partition coefficient (Wildman–Crippen LogP) is 9.57. The topological polar surface area (TPSA) is 123 Å². The van der Waals surface area contributed by atoms with Gasteiger partial charge in [-0.1, -0.05) is 35.3 Å². The lowest BCUT2D eigenvalue weighted by Crippen LogP contribution is -2.34. The highest BCUT2D eigenvalue weighted by molar-refractivity contribution is 6.39. The van der Waals surface area contributed by atoms with Crippen molar-refractivity contribution in [3.8, 4) is 22.6 Å². The molecule has 66 heavy (non-hydrogen) atoms. The van der Waals surface area contributed by atoms with Gasteiger partial charge in [-0.2, -0.15) is 0 Å². The number of amides is 4. The molecule has 4 aliphatic heterocycles. The molecule has 336 valence electrons. The Morgan fingerprint density at radius 2 is 1.36 bits per heavy atom. The normalized spacial score (nSPS) is 18.6. The van der Waals surface area contributed by atoms with Crippen LogP contribution in [0.4, 0.5) is 17.1 Å². The molecule has 4 aromatic carbocycles. The zero-order valence-corrected chi connectivity index (χ0v) is 38.2. The Hall–Kier alpha value is -6.44. The van der Waals surface area contributed by atoms with Crippen molar-refractivity contribution in [2.24, 2.45) is 0 Å². The molecule has 0 spiro atoms. The number of carbonyl (C=O) groups excluding carboxylic acids is 4. The molecule has 2 fully saturated rings. The van der Waals surface area contributed by atoms with Crippen LogP contribution in [0.5, 0.6) is 0 Å². The van der Waals surface area contributed by atoms with Crippen LogP contribution in [0.15, 0.2) is 112 Å². The minimum atomic E-state index is -0.491. The average Bonchev–Trinajstić information content (AvgIpc) is 4.04. The van der Waals surface area contributed by atoms with Crippen LogP contribution in [0, 0.1) is 0 Å². The van der Waals surface area contributed by atoms with Crippen molar-refractivity contribution < 1.29 is 28.0 Å². The maximum absolute atomic E-state index is 14.9. The Morgan fingerprint density at radius 3 is 2.14 bits per heavy atom. The number of likely N-dealkylation sites (N-methyl/N-ethyl adjacent to an activating group) is 2. The van der Waals surface area contributed by atoms with Crippen LogP contribution in [0.25, 0.3) is 34.3 Å². The average molecular weight is 924 g/mol. The molecule has 1 unspecified atom stereocenters. The van der Waals surface area contributed by atoms with Crippen LogP contribution < -0.4 is 10.2 Å². The molecular weight excluding hydrogens is 876 g/mol. The fourth-order valence-electron chi connectivity index (χ4n) is 9.41. The molecule has 0 aliphatic carbocycles. The summed E-state index contributed by atoms with van der Waals surface area (Å²) in [4.78, 5) is 65.8. The highest BCUT2D eigenvalue weighted by Gasteiger charge is 2.36. The first-order valence-corrected chi connectivity index (χ1v) is 23.1. The van der Waals surface area contributed by atoms with E-state index in [2.05, 4.69) is 29.2 Å². The lowest BCUT2D eigenvalue weighted by molar-refractivity contribution is -0.117. The van der Waals surface area contributed by atoms with Gasteiger partial charge in [0.15, 0.2) is 0 Å². The summed E-state index contributed by atoms with van der Waals surface area (Å²) in [5.74, 6) is 0.922. The number of furan rings is 2. The summed E-state index contributed by atoms with van der Waals surface area (Å²) in [6.07, 6.45) is 3.76. The second-order valence-corrected chi connectivity index (χ2v) is 18.4. The summed E-state index contributed by atoms with van der Waals surface area (Å²) < 4.78 is 12.8. The number of halogens is 2. The highest BCUT2D eigenvalue weighted by atomic mass is 35.5. The van der Waals surface area contributed by atoms with Crippen LogP contribution >= 0.6 is 23.2 Å². The monoisotopic (exact) mass is 922 g/mol. The first kappa shape index (κ1) is 43.5. The van der Waals surface area contributed by atoms with E-state index in [0.717, 1.165) is 55.8 Å². The summed E-state index contributed by atoms with van der Waals surface area (Å²) in [7, 11) is 4.13. The molecular formula is C52H48Cl2N6O6. The zero-order chi connectivity index (χ0) is 45.6. The maximum Gasteiger partial charge on any atom is 0.263 e. The number of hydrogen-bond acceptors (Lipinski definition) is 8. The van der Waals surface area contributed by atoms with E-state index in [0.29, 0.717) is 105 Å². The van der Waals surface area contributed by atoms with Gasteiger partial charge in [-0.05, 0) is 143 Å². The van der Waals surface area contributed by atoms with Crippen LogP contribution in [0.3, 0.4) is 0 Å². The second kappa shape index (κ2) is 18.1. The van der Waals surface area contributed by atoms with Gasteiger partial charge in [-0.3, -0.25) is 24.1 Å². The summed E-state index contributed by atoms with van der Waals surface area (Å²) >= 11 is 12.9. The van der Waals surface area contributed by atoms with Crippen LogP contribution in [0.1, 0.15) is 62.1 Å². The third kappa shape index (κ3) is 8.69. The van der Waals surface area contributed by atoms with E-state index in [4.69, 9.17) is 32.0 Å². The lowest BCUT2D eigenvalue weighted by Gasteiger charge is -2.23. The lowest BCUT2D eigenvalue weighted by atomic mass is 9.96. The van der Waals surface area contributed by atoms with Crippen LogP contribution in [-0.4, -0.2) is 110 Å². The van der Waals surface area contributed by atoms with E-state index >= 15 is 0 Å². The third-order valence-electron chi connectivity index (χ3n) is 13.0. The van der Waals surface area contributed by atoms with Gasteiger partial charge in [0.25, 0.3) is 17.7 Å². The van der Waals surface area contributed by atoms with Gasteiger partial charge >= 0.3 is 0 Å². The molecule has 4 amide bonds. The number of nitrogens with zero attached hydrogens (tertiary/aromatic N) is 5. The largest absolute Gasteiger partial charge is 0.461 e. The standard InChI is InChI=1S/C52H48Cl2N6O6/c1-56-16-4-18-58(22-20-56)50(62)33-7-3-6-32(24-33)47-14-10-40(65-47)31-44-42-29-37(54)9-13-46(42)60(52(44)64)38-26-34(25-35(27-38)51(63)59-19-5-17-57(2)21-23-59)48-15-11-39(66-48)30-43-41-28-36(53)8-12-45(41)55-49(43)61/h3,6-15,24-29,31,43H,4-5,16-23,30H2,1-2H3,(H,55,61)/b44-31+. The smallest absolute Gasteiger partial charge is 0.263 e. The molecule has 6 heterocycles. The van der Waals surface area contributed by atoms with Crippen LogP contribution in [-0.2, 0) is 16.0 Å². The van der Waals surface area contributed by atoms with Gasteiger partial charge in [0.05, 0.1) is 22.9 Å². The predicted molar refractivity (Wildman–Crippen MR) is 257 cm³/mol. The minimum Gasteiger partial charge on any atom is -0.461 e. The van der Waals surface area contributed by atoms with E-state index in [9.17, 15) is 19.2 Å². The molecule has 12 nitrogen and oxygen atoms in total. The minimum absolute atomic E-state index is 0.0124. The molecule has 2 aromatic heterocycles. The van der Waals surface area contributed by atoms with Gasteiger partial charge in [-0.25, -0.2) is 0 Å². The quantitative estimate of drug-likeness (QED) is 0.150. The summed E-state index contributed by atoms with van der Waals surface area (Å²) in [5.41, 5.74) is 5.87. The first-order chi connectivity index (χ1) is 31.9. The molecule has 4 aliphatic rings. The Bertz CT molecular complexity index is 2940. The van der Waals surface area contributed by atoms with Crippen molar-refractivity contribution in [2.45, 2.75) is 25.2 Å². The van der Waals surface area contributed by atoms with Crippen molar-refractivity contribution in [2.75, 3.05) is 76.7 Å². The number of anilines is 3. The van der Waals surface area contributed by atoms with Crippen molar-refractivity contribution >= 4 is 75.5 Å². The Balaban J connectivity index is 0.981. The number of fused-ring (bicyclic) bond motifs is 2. The maximum atomic E-state index is 14.9. The van der Waals surface area contributed by atoms with Gasteiger partial charge in [0.1, 0.15) is 23.0 Å². The van der Waals surface area contributed by atoms with Crippen molar-refractivity contribution in [3.05, 3.63) is 147 Å². The van der Waals surface area contributed by atoms with E-state index in [1.165, 1.54) is 0 Å². The van der Waals surface area contributed by atoms with Crippen molar-refractivity contribution in [3.63, 3.8) is 0 Å². The van der Waals surface area contributed by atoms with E-state index in [1.54, 1.807) is 65.6 Å². The van der Waals surface area contributed by atoms with Gasteiger partial charge in [0, 0.05) is 89.2 Å². The third-order valence-corrected chi connectivity index (χ3v) is 13.5. The number of hydrogen-bond donors (Lipinski definition) is 1. The number of rotatable bonds is 8. The summed E-state index contributed by atoms with van der Waals surface area (Å²) in [6, 6.07) is 30.8. The Labute approximate surface area is 392 Å². The molecule has 0 saturated carbocycles. The van der Waals surface area contributed by atoms with Crippen molar-refractivity contribution in [1.29, 1.82) is 0 Å². The fraction of sp³-hybridized carbons (Fsp3) is 0.269. The zero-order valence-electron chi connectivity index (χ0n) is 36.7. The second-order valence-electron chi connectivity index (χ2n) is 17.6. The number of nitrogens with one attached hydrogen (secondary N) is 1.